The predicted molar refractivity (Wildman–Crippen MR) is 81.2 cm³/mol. The first-order valence-electron chi connectivity index (χ1n) is 6.41. The van der Waals surface area contributed by atoms with Gasteiger partial charge in [-0.2, -0.15) is 0 Å². The summed E-state index contributed by atoms with van der Waals surface area (Å²) in [7, 11) is 0. The zero-order valence-corrected chi connectivity index (χ0v) is 11.9. The van der Waals surface area contributed by atoms with Gasteiger partial charge in [0.05, 0.1) is 6.61 Å². The lowest BCUT2D eigenvalue weighted by atomic mass is 10.3. The smallest absolute Gasteiger partial charge is 0.253 e. The average Bonchev–Trinajstić information content (AvgIpc) is 2.43. The van der Waals surface area contributed by atoms with Gasteiger partial charge in [-0.3, -0.25) is 4.79 Å². The molecule has 1 heterocycles. The summed E-state index contributed by atoms with van der Waals surface area (Å²) in [5.74, 6) is 2.01. The number of aromatic amines is 1. The Hall–Kier alpha value is -1.95. The van der Waals surface area contributed by atoms with Crippen molar-refractivity contribution < 1.29 is 4.74 Å². The third-order valence-corrected chi connectivity index (χ3v) is 3.49. The van der Waals surface area contributed by atoms with Crippen LogP contribution in [0.2, 0.25) is 0 Å². The molecule has 0 saturated heterocycles. The lowest BCUT2D eigenvalue weighted by Crippen LogP contribution is -2.09. The number of unbranched alkanes of at least 4 members (excludes halogenated alkanes) is 1. The van der Waals surface area contributed by atoms with Crippen LogP contribution in [0, 0.1) is 0 Å². The molecule has 0 aliphatic carbocycles. The fraction of sp³-hybridized carbons (Fsp3) is 0.286. The van der Waals surface area contributed by atoms with E-state index < -0.39 is 0 Å². The van der Waals surface area contributed by atoms with Crippen LogP contribution in [0.3, 0.4) is 0 Å². The fourth-order valence-electron chi connectivity index (χ4n) is 1.60. The number of thioether (sulfide) groups is 1. The number of rotatable bonds is 7. The van der Waals surface area contributed by atoms with Gasteiger partial charge >= 0.3 is 0 Å². The summed E-state index contributed by atoms with van der Waals surface area (Å²) in [5, 5.41) is 0.568. The van der Waals surface area contributed by atoms with Gasteiger partial charge in [0.1, 0.15) is 11.6 Å². The summed E-state index contributed by atoms with van der Waals surface area (Å²) in [6.45, 7) is 0.686. The second kappa shape index (κ2) is 7.59. The highest BCUT2D eigenvalue weighted by Gasteiger charge is 1.99. The minimum Gasteiger partial charge on any atom is -0.494 e. The minimum atomic E-state index is -0.215. The first-order chi connectivity index (χ1) is 9.74. The Bertz CT molecular complexity index is 586. The van der Waals surface area contributed by atoms with E-state index in [0.717, 1.165) is 24.3 Å². The first-order valence-corrected chi connectivity index (χ1v) is 7.40. The molecule has 0 saturated carbocycles. The van der Waals surface area contributed by atoms with Gasteiger partial charge in [0.15, 0.2) is 5.16 Å². The second-order valence-electron chi connectivity index (χ2n) is 4.19. The number of hydrogen-bond acceptors (Lipinski definition) is 5. The van der Waals surface area contributed by atoms with Crippen molar-refractivity contribution in [2.45, 2.75) is 18.0 Å². The maximum Gasteiger partial charge on any atom is 0.253 e. The Balaban J connectivity index is 1.63. The summed E-state index contributed by atoms with van der Waals surface area (Å²) in [4.78, 5) is 17.9. The molecular weight excluding hydrogens is 274 g/mol. The predicted octanol–water partition coefficient (Wildman–Crippen LogP) is 2.30. The molecule has 0 unspecified atom stereocenters. The zero-order valence-electron chi connectivity index (χ0n) is 11.0. The number of H-pyrrole nitrogens is 1. The molecule has 6 heteroatoms. The lowest BCUT2D eigenvalue weighted by Gasteiger charge is -2.05. The molecule has 2 rings (SSSR count). The molecule has 0 fully saturated rings. The van der Waals surface area contributed by atoms with Crippen LogP contribution in [-0.4, -0.2) is 22.3 Å². The SMILES string of the molecule is Nc1cc(=O)[nH]c(SCCCCOc2ccccc2)n1. The summed E-state index contributed by atoms with van der Waals surface area (Å²) in [6, 6.07) is 11.0. The highest BCUT2D eigenvalue weighted by Crippen LogP contribution is 2.14. The number of nitrogens with zero attached hydrogens (tertiary/aromatic N) is 1. The van der Waals surface area contributed by atoms with Gasteiger partial charge in [-0.05, 0) is 25.0 Å². The van der Waals surface area contributed by atoms with Crippen LogP contribution in [0.5, 0.6) is 5.75 Å². The van der Waals surface area contributed by atoms with E-state index in [1.165, 1.54) is 17.8 Å². The van der Waals surface area contributed by atoms with Crippen LogP contribution in [0.4, 0.5) is 5.82 Å². The highest BCUT2D eigenvalue weighted by molar-refractivity contribution is 7.99. The highest BCUT2D eigenvalue weighted by atomic mass is 32.2. The molecule has 0 aliphatic heterocycles. The van der Waals surface area contributed by atoms with E-state index in [2.05, 4.69) is 9.97 Å². The third kappa shape index (κ3) is 4.97. The number of aromatic nitrogens is 2. The molecule has 20 heavy (non-hydrogen) atoms. The quantitative estimate of drug-likeness (QED) is 0.465. The summed E-state index contributed by atoms with van der Waals surface area (Å²) in [6.07, 6.45) is 1.93. The molecule has 3 N–H and O–H groups in total. The molecule has 0 aliphatic rings. The molecule has 0 amide bonds. The van der Waals surface area contributed by atoms with Crippen molar-refractivity contribution in [3.63, 3.8) is 0 Å². The molecule has 1 aromatic carbocycles. The number of ether oxygens (including phenoxy) is 1. The van der Waals surface area contributed by atoms with Crippen molar-refractivity contribution in [1.29, 1.82) is 0 Å². The molecule has 0 bridgehead atoms. The molecule has 1 aromatic heterocycles. The number of nitrogen functional groups attached to an aromatic ring is 1. The monoisotopic (exact) mass is 291 g/mol. The van der Waals surface area contributed by atoms with Gasteiger partial charge in [-0.15, -0.1) is 0 Å². The lowest BCUT2D eigenvalue weighted by molar-refractivity contribution is 0.310. The Morgan fingerprint density at radius 3 is 2.80 bits per heavy atom. The topological polar surface area (TPSA) is 81.0 Å². The van der Waals surface area contributed by atoms with Gasteiger partial charge in [0.2, 0.25) is 0 Å². The Kier molecular flexibility index (Phi) is 5.49. The molecule has 0 spiro atoms. The molecule has 106 valence electrons. The van der Waals surface area contributed by atoms with E-state index in [0.29, 0.717) is 11.8 Å². The van der Waals surface area contributed by atoms with Crippen molar-refractivity contribution in [3.05, 3.63) is 46.8 Å². The van der Waals surface area contributed by atoms with Crippen LogP contribution >= 0.6 is 11.8 Å². The Labute approximate surface area is 121 Å². The molecule has 0 radical (unpaired) electrons. The number of anilines is 1. The van der Waals surface area contributed by atoms with Crippen LogP contribution < -0.4 is 16.0 Å². The van der Waals surface area contributed by atoms with Crippen molar-refractivity contribution in [1.82, 2.24) is 9.97 Å². The van der Waals surface area contributed by atoms with Gasteiger partial charge in [0, 0.05) is 11.8 Å². The summed E-state index contributed by atoms with van der Waals surface area (Å²) >= 11 is 1.49. The van der Waals surface area contributed by atoms with Gasteiger partial charge in [0.25, 0.3) is 5.56 Å². The third-order valence-electron chi connectivity index (χ3n) is 2.53. The van der Waals surface area contributed by atoms with Crippen molar-refractivity contribution in [3.8, 4) is 5.75 Å². The van der Waals surface area contributed by atoms with E-state index in [1.54, 1.807) is 0 Å². The van der Waals surface area contributed by atoms with Crippen molar-refractivity contribution in [2.75, 3.05) is 18.1 Å². The van der Waals surface area contributed by atoms with Crippen LogP contribution in [0.15, 0.2) is 46.3 Å². The Morgan fingerprint density at radius 2 is 2.05 bits per heavy atom. The standard InChI is InChI=1S/C14H17N3O2S/c15-12-10-13(18)17-14(16-12)20-9-5-4-8-19-11-6-2-1-3-7-11/h1-3,6-7,10H,4-5,8-9H2,(H3,15,16,17,18). The molecule has 0 atom stereocenters. The van der Waals surface area contributed by atoms with Crippen LogP contribution in [-0.2, 0) is 0 Å². The largest absolute Gasteiger partial charge is 0.494 e. The van der Waals surface area contributed by atoms with Crippen molar-refractivity contribution >= 4 is 17.6 Å². The zero-order chi connectivity index (χ0) is 14.2. The fourth-order valence-corrected chi connectivity index (χ4v) is 2.49. The maximum atomic E-state index is 11.2. The van der Waals surface area contributed by atoms with E-state index in [1.807, 2.05) is 30.3 Å². The van der Waals surface area contributed by atoms with Crippen LogP contribution in [0.1, 0.15) is 12.8 Å². The van der Waals surface area contributed by atoms with Crippen molar-refractivity contribution in [2.24, 2.45) is 0 Å². The summed E-state index contributed by atoms with van der Waals surface area (Å²) in [5.41, 5.74) is 5.30. The number of nitrogens with one attached hydrogen (secondary N) is 1. The maximum absolute atomic E-state index is 11.2. The normalized spacial score (nSPS) is 10.4. The van der Waals surface area contributed by atoms with Gasteiger partial charge in [-0.1, -0.05) is 30.0 Å². The van der Waals surface area contributed by atoms with Crippen LogP contribution in [0.25, 0.3) is 0 Å². The van der Waals surface area contributed by atoms with E-state index in [-0.39, 0.29) is 11.4 Å². The van der Waals surface area contributed by atoms with E-state index in [4.69, 9.17) is 10.5 Å². The second-order valence-corrected chi connectivity index (χ2v) is 5.28. The van der Waals surface area contributed by atoms with Gasteiger partial charge < -0.3 is 15.5 Å². The minimum absolute atomic E-state index is 0.215. The van der Waals surface area contributed by atoms with Gasteiger partial charge in [-0.25, -0.2) is 4.98 Å². The molecule has 5 nitrogen and oxygen atoms in total. The summed E-state index contributed by atoms with van der Waals surface area (Å²) < 4.78 is 5.59. The number of para-hydroxylation sites is 1. The number of benzene rings is 1. The number of nitrogens with two attached hydrogens (primary N) is 1. The Morgan fingerprint density at radius 1 is 1.25 bits per heavy atom. The molecule has 2 aromatic rings. The first kappa shape index (κ1) is 14.5. The van der Waals surface area contributed by atoms with E-state index in [9.17, 15) is 4.79 Å². The van der Waals surface area contributed by atoms with E-state index >= 15 is 0 Å². The molecular formula is C14H17N3O2S. The number of hydrogen-bond donors (Lipinski definition) is 2. The average molecular weight is 291 g/mol.